The summed E-state index contributed by atoms with van der Waals surface area (Å²) in [6.07, 6.45) is 1.15. The van der Waals surface area contributed by atoms with Crippen LogP contribution in [0.5, 0.6) is 0 Å². The standard InChI is InChI=1S/C16H20N2O4S/c1-11-18-13(14(22-11)12-8-6-5-7-9-12)15(19)17-10-16(2,3)23(4,20)21/h5-9H,10H2,1-4H3,(H,17,19). The Bertz CT molecular complexity index is 808. The van der Waals surface area contributed by atoms with Gasteiger partial charge in [0.15, 0.2) is 27.2 Å². The third kappa shape index (κ3) is 3.79. The van der Waals surface area contributed by atoms with Crippen LogP contribution in [0.25, 0.3) is 11.3 Å². The van der Waals surface area contributed by atoms with Gasteiger partial charge < -0.3 is 9.73 Å². The number of aromatic nitrogens is 1. The van der Waals surface area contributed by atoms with E-state index in [4.69, 9.17) is 4.42 Å². The first-order chi connectivity index (χ1) is 10.6. The van der Waals surface area contributed by atoms with E-state index in [0.717, 1.165) is 11.8 Å². The van der Waals surface area contributed by atoms with Gasteiger partial charge in [-0.05, 0) is 13.8 Å². The third-order valence-corrected chi connectivity index (χ3v) is 5.82. The molecule has 0 saturated heterocycles. The normalized spacial score (nSPS) is 12.2. The second-order valence-corrected chi connectivity index (χ2v) is 8.64. The van der Waals surface area contributed by atoms with Gasteiger partial charge in [0.25, 0.3) is 5.91 Å². The molecule has 1 aromatic heterocycles. The van der Waals surface area contributed by atoms with Crippen LogP contribution in [-0.2, 0) is 9.84 Å². The number of benzene rings is 1. The van der Waals surface area contributed by atoms with Gasteiger partial charge in [-0.1, -0.05) is 30.3 Å². The highest BCUT2D eigenvalue weighted by Crippen LogP contribution is 2.24. The Balaban J connectivity index is 2.25. The number of hydrogen-bond donors (Lipinski definition) is 1. The van der Waals surface area contributed by atoms with E-state index in [9.17, 15) is 13.2 Å². The van der Waals surface area contributed by atoms with Crippen molar-refractivity contribution < 1.29 is 17.6 Å². The van der Waals surface area contributed by atoms with Crippen molar-refractivity contribution in [2.45, 2.75) is 25.5 Å². The van der Waals surface area contributed by atoms with Crippen molar-refractivity contribution in [3.05, 3.63) is 41.9 Å². The molecule has 0 aliphatic heterocycles. The summed E-state index contributed by atoms with van der Waals surface area (Å²) in [4.78, 5) is 16.5. The highest BCUT2D eigenvalue weighted by molar-refractivity contribution is 7.92. The van der Waals surface area contributed by atoms with Gasteiger partial charge in [-0.3, -0.25) is 4.79 Å². The summed E-state index contributed by atoms with van der Waals surface area (Å²) in [6, 6.07) is 9.17. The zero-order valence-electron chi connectivity index (χ0n) is 13.6. The van der Waals surface area contributed by atoms with Crippen LogP contribution < -0.4 is 5.32 Å². The number of amides is 1. The number of carbonyl (C=O) groups is 1. The minimum absolute atomic E-state index is 0.00912. The average molecular weight is 336 g/mol. The van der Waals surface area contributed by atoms with Crippen LogP contribution in [0.2, 0.25) is 0 Å². The second kappa shape index (κ2) is 6.16. The Morgan fingerprint density at radius 3 is 2.43 bits per heavy atom. The van der Waals surface area contributed by atoms with Crippen LogP contribution in [0.3, 0.4) is 0 Å². The molecule has 0 saturated carbocycles. The molecule has 2 aromatic rings. The molecule has 7 heteroatoms. The van der Waals surface area contributed by atoms with E-state index < -0.39 is 20.5 Å². The summed E-state index contributed by atoms with van der Waals surface area (Å²) in [5.74, 6) is 0.284. The van der Waals surface area contributed by atoms with Crippen molar-refractivity contribution in [1.82, 2.24) is 10.3 Å². The van der Waals surface area contributed by atoms with Gasteiger partial charge in [0.05, 0.1) is 4.75 Å². The molecule has 1 heterocycles. The predicted octanol–water partition coefficient (Wildman–Crippen LogP) is 2.20. The third-order valence-electron chi connectivity index (χ3n) is 3.66. The van der Waals surface area contributed by atoms with Crippen LogP contribution in [0.15, 0.2) is 34.7 Å². The zero-order chi connectivity index (χ0) is 17.3. The number of nitrogens with zero attached hydrogens (tertiary/aromatic N) is 1. The topological polar surface area (TPSA) is 89.3 Å². The van der Waals surface area contributed by atoms with Gasteiger partial charge in [-0.2, -0.15) is 0 Å². The lowest BCUT2D eigenvalue weighted by Crippen LogP contribution is -2.43. The maximum absolute atomic E-state index is 12.4. The molecule has 0 bridgehead atoms. The Labute approximate surface area is 135 Å². The molecule has 1 aromatic carbocycles. The summed E-state index contributed by atoms with van der Waals surface area (Å²) in [6.45, 7) is 4.78. The molecule has 0 aliphatic carbocycles. The van der Waals surface area contributed by atoms with Gasteiger partial charge in [0.2, 0.25) is 0 Å². The van der Waals surface area contributed by atoms with Crippen molar-refractivity contribution in [3.63, 3.8) is 0 Å². The average Bonchev–Trinajstić information content (AvgIpc) is 2.87. The van der Waals surface area contributed by atoms with Crippen molar-refractivity contribution >= 4 is 15.7 Å². The van der Waals surface area contributed by atoms with Crippen molar-refractivity contribution in [2.75, 3.05) is 12.8 Å². The summed E-state index contributed by atoms with van der Waals surface area (Å²) >= 11 is 0. The molecule has 23 heavy (non-hydrogen) atoms. The molecular weight excluding hydrogens is 316 g/mol. The van der Waals surface area contributed by atoms with Gasteiger partial charge >= 0.3 is 0 Å². The SMILES string of the molecule is Cc1nc(C(=O)NCC(C)(C)S(C)(=O)=O)c(-c2ccccc2)o1. The lowest BCUT2D eigenvalue weighted by atomic mass is 10.1. The van der Waals surface area contributed by atoms with E-state index in [1.165, 1.54) is 0 Å². The molecule has 1 amide bonds. The fourth-order valence-electron chi connectivity index (χ4n) is 1.87. The Hall–Kier alpha value is -2.15. The van der Waals surface area contributed by atoms with E-state index in [1.54, 1.807) is 20.8 Å². The monoisotopic (exact) mass is 336 g/mol. The number of aryl methyl sites for hydroxylation is 1. The lowest BCUT2D eigenvalue weighted by molar-refractivity contribution is 0.0946. The molecule has 0 atom stereocenters. The minimum Gasteiger partial charge on any atom is -0.440 e. The molecule has 6 nitrogen and oxygen atoms in total. The number of carbonyl (C=O) groups excluding carboxylic acids is 1. The number of hydrogen-bond acceptors (Lipinski definition) is 5. The van der Waals surface area contributed by atoms with E-state index in [-0.39, 0.29) is 12.2 Å². The van der Waals surface area contributed by atoms with Crippen molar-refractivity contribution in [2.24, 2.45) is 0 Å². The number of nitrogens with one attached hydrogen (secondary N) is 1. The van der Waals surface area contributed by atoms with E-state index in [2.05, 4.69) is 10.3 Å². The number of oxazole rings is 1. The van der Waals surface area contributed by atoms with Crippen molar-refractivity contribution in [1.29, 1.82) is 0 Å². The van der Waals surface area contributed by atoms with Gasteiger partial charge in [0.1, 0.15) is 0 Å². The molecule has 0 unspecified atom stereocenters. The first kappa shape index (κ1) is 17.2. The molecule has 0 spiro atoms. The highest BCUT2D eigenvalue weighted by atomic mass is 32.2. The smallest absolute Gasteiger partial charge is 0.273 e. The molecular formula is C16H20N2O4S. The molecule has 0 radical (unpaired) electrons. The van der Waals surface area contributed by atoms with E-state index >= 15 is 0 Å². The Morgan fingerprint density at radius 2 is 1.87 bits per heavy atom. The second-order valence-electron chi connectivity index (χ2n) is 5.99. The summed E-state index contributed by atoms with van der Waals surface area (Å²) in [5, 5.41) is 2.63. The quantitative estimate of drug-likeness (QED) is 0.904. The molecule has 1 N–H and O–H groups in total. The van der Waals surface area contributed by atoms with Gasteiger partial charge in [-0.25, -0.2) is 13.4 Å². The van der Waals surface area contributed by atoms with Gasteiger partial charge in [-0.15, -0.1) is 0 Å². The largest absolute Gasteiger partial charge is 0.440 e. The molecule has 0 fully saturated rings. The van der Waals surface area contributed by atoms with Crippen LogP contribution in [0.4, 0.5) is 0 Å². The van der Waals surface area contributed by atoms with Crippen LogP contribution in [0.1, 0.15) is 30.2 Å². The molecule has 0 aliphatic rings. The van der Waals surface area contributed by atoms with Gasteiger partial charge in [0, 0.05) is 25.3 Å². The summed E-state index contributed by atoms with van der Waals surface area (Å²) in [7, 11) is -3.30. The minimum atomic E-state index is -3.30. The Kier molecular flexibility index (Phi) is 4.61. The predicted molar refractivity (Wildman–Crippen MR) is 87.9 cm³/mol. The first-order valence-electron chi connectivity index (χ1n) is 7.12. The van der Waals surface area contributed by atoms with E-state index in [0.29, 0.717) is 11.7 Å². The fraction of sp³-hybridized carbons (Fsp3) is 0.375. The maximum atomic E-state index is 12.4. The van der Waals surface area contributed by atoms with Crippen LogP contribution in [0, 0.1) is 6.92 Å². The molecule has 124 valence electrons. The van der Waals surface area contributed by atoms with Crippen molar-refractivity contribution in [3.8, 4) is 11.3 Å². The molecule has 2 rings (SSSR count). The number of sulfone groups is 1. The lowest BCUT2D eigenvalue weighted by Gasteiger charge is -2.22. The Morgan fingerprint density at radius 1 is 1.26 bits per heavy atom. The van der Waals surface area contributed by atoms with E-state index in [1.807, 2.05) is 30.3 Å². The van der Waals surface area contributed by atoms with Crippen LogP contribution >= 0.6 is 0 Å². The first-order valence-corrected chi connectivity index (χ1v) is 9.01. The summed E-state index contributed by atoms with van der Waals surface area (Å²) in [5.41, 5.74) is 0.888. The zero-order valence-corrected chi connectivity index (χ0v) is 14.4. The maximum Gasteiger partial charge on any atom is 0.273 e. The van der Waals surface area contributed by atoms with Crippen LogP contribution in [-0.4, -0.2) is 36.9 Å². The highest BCUT2D eigenvalue weighted by Gasteiger charge is 2.31. The fourth-order valence-corrected chi connectivity index (χ4v) is 2.21. The summed E-state index contributed by atoms with van der Waals surface area (Å²) < 4.78 is 27.9. The number of rotatable bonds is 5.